The predicted octanol–water partition coefficient (Wildman–Crippen LogP) is 5.22. The monoisotopic (exact) mass is 446 g/mol. The van der Waals surface area contributed by atoms with Gasteiger partial charge >= 0.3 is 0 Å². The van der Waals surface area contributed by atoms with Crippen molar-refractivity contribution in [1.82, 2.24) is 4.98 Å². The number of fused-ring (bicyclic) bond motifs is 2. The Bertz CT molecular complexity index is 1460. The van der Waals surface area contributed by atoms with Crippen LogP contribution in [0.25, 0.3) is 11.0 Å². The van der Waals surface area contributed by atoms with E-state index in [0.29, 0.717) is 33.1 Å². The molecule has 32 heavy (non-hydrogen) atoms. The molecule has 1 aliphatic heterocycles. The highest BCUT2D eigenvalue weighted by atomic mass is 35.5. The van der Waals surface area contributed by atoms with E-state index in [4.69, 9.17) is 20.8 Å². The van der Waals surface area contributed by atoms with Crippen molar-refractivity contribution in [1.29, 1.82) is 0 Å². The third kappa shape index (κ3) is 3.07. The van der Waals surface area contributed by atoms with Crippen molar-refractivity contribution < 1.29 is 13.9 Å². The first-order valence-electron chi connectivity index (χ1n) is 10.1. The van der Waals surface area contributed by atoms with Gasteiger partial charge in [-0.25, -0.2) is 4.98 Å². The van der Waals surface area contributed by atoms with Crippen LogP contribution in [0.4, 0.5) is 5.82 Å². The van der Waals surface area contributed by atoms with Crippen molar-refractivity contribution in [2.45, 2.75) is 19.9 Å². The molecule has 1 aliphatic rings. The first kappa shape index (κ1) is 20.3. The van der Waals surface area contributed by atoms with Gasteiger partial charge in [0.1, 0.15) is 17.2 Å². The number of hydrogen-bond acceptors (Lipinski definition) is 5. The molecule has 0 fully saturated rings. The van der Waals surface area contributed by atoms with E-state index in [1.165, 1.54) is 4.90 Å². The quantitative estimate of drug-likeness (QED) is 0.431. The number of ether oxygens (including phenoxy) is 1. The Morgan fingerprint density at radius 2 is 1.84 bits per heavy atom. The first-order valence-corrected chi connectivity index (χ1v) is 10.4. The number of aromatic nitrogens is 1. The van der Waals surface area contributed by atoms with E-state index in [9.17, 15) is 9.59 Å². The Morgan fingerprint density at radius 3 is 2.59 bits per heavy atom. The Labute approximate surface area is 189 Å². The molecule has 1 unspecified atom stereocenters. The number of rotatable bonds is 3. The lowest BCUT2D eigenvalue weighted by atomic mass is 9.98. The van der Waals surface area contributed by atoms with Gasteiger partial charge in [0, 0.05) is 10.7 Å². The molecule has 0 aliphatic carbocycles. The van der Waals surface area contributed by atoms with Crippen LogP contribution in [0.2, 0.25) is 5.02 Å². The number of methoxy groups -OCH3 is 1. The number of halogens is 1. The van der Waals surface area contributed by atoms with Gasteiger partial charge < -0.3 is 9.15 Å². The Morgan fingerprint density at radius 1 is 1.06 bits per heavy atom. The summed E-state index contributed by atoms with van der Waals surface area (Å²) in [6.45, 7) is 3.67. The van der Waals surface area contributed by atoms with E-state index in [1.807, 2.05) is 50.2 Å². The molecule has 5 rings (SSSR count). The molecule has 1 atom stereocenters. The normalized spacial score (nSPS) is 15.3. The SMILES string of the molecule is COc1cccc(C2c3c(oc4cc(C)c(Cl)cc4c3=O)C(=O)N2c2cccc(C)n2)c1. The summed E-state index contributed by atoms with van der Waals surface area (Å²) in [7, 11) is 1.57. The zero-order chi connectivity index (χ0) is 22.6. The smallest absolute Gasteiger partial charge is 0.296 e. The predicted molar refractivity (Wildman–Crippen MR) is 123 cm³/mol. The van der Waals surface area contributed by atoms with Gasteiger partial charge in [0.2, 0.25) is 5.76 Å². The van der Waals surface area contributed by atoms with Crippen molar-refractivity contribution in [3.05, 3.63) is 98.0 Å². The summed E-state index contributed by atoms with van der Waals surface area (Å²) in [5, 5.41) is 0.795. The zero-order valence-corrected chi connectivity index (χ0v) is 18.4. The second-order valence-electron chi connectivity index (χ2n) is 7.76. The molecule has 7 heteroatoms. The summed E-state index contributed by atoms with van der Waals surface area (Å²) in [6, 6.07) is 15.3. The highest BCUT2D eigenvalue weighted by Gasteiger charge is 2.44. The Kier molecular flexibility index (Phi) is 4.75. The van der Waals surface area contributed by atoms with E-state index in [2.05, 4.69) is 4.98 Å². The number of carbonyl (C=O) groups excluding carboxylic acids is 1. The first-order chi connectivity index (χ1) is 15.4. The van der Waals surface area contributed by atoms with Crippen LogP contribution in [-0.2, 0) is 0 Å². The van der Waals surface area contributed by atoms with Gasteiger partial charge in [-0.2, -0.15) is 0 Å². The van der Waals surface area contributed by atoms with Gasteiger partial charge in [-0.1, -0.05) is 29.8 Å². The standard InChI is InChI=1S/C25H19ClN2O4/c1-13-10-19-17(12-18(13)26)23(29)21-22(15-7-5-8-16(11-15)31-3)28(25(30)24(21)32-19)20-9-4-6-14(2)27-20/h4-12,22H,1-3H3. The number of pyridine rings is 1. The lowest BCUT2D eigenvalue weighted by Gasteiger charge is -2.24. The highest BCUT2D eigenvalue weighted by Crippen LogP contribution is 2.41. The zero-order valence-electron chi connectivity index (χ0n) is 17.7. The fourth-order valence-electron chi connectivity index (χ4n) is 4.12. The van der Waals surface area contributed by atoms with Crippen LogP contribution in [-0.4, -0.2) is 18.0 Å². The molecule has 6 nitrogen and oxygen atoms in total. The number of aryl methyl sites for hydroxylation is 2. The molecule has 2 aromatic carbocycles. The Balaban J connectivity index is 1.84. The van der Waals surface area contributed by atoms with Gasteiger partial charge in [0.05, 0.1) is 24.1 Å². The number of amides is 1. The van der Waals surface area contributed by atoms with Crippen LogP contribution in [0.3, 0.4) is 0 Å². The summed E-state index contributed by atoms with van der Waals surface area (Å²) in [6.07, 6.45) is 0. The number of benzene rings is 2. The van der Waals surface area contributed by atoms with Crippen molar-refractivity contribution in [2.24, 2.45) is 0 Å². The maximum atomic E-state index is 13.7. The lowest BCUT2D eigenvalue weighted by molar-refractivity contribution is 0.0970. The van der Waals surface area contributed by atoms with Crippen LogP contribution in [0.5, 0.6) is 5.75 Å². The van der Waals surface area contributed by atoms with Crippen LogP contribution in [0, 0.1) is 13.8 Å². The van der Waals surface area contributed by atoms with Gasteiger partial charge in [-0.3, -0.25) is 14.5 Å². The largest absolute Gasteiger partial charge is 0.497 e. The Hall–Kier alpha value is -3.64. The summed E-state index contributed by atoms with van der Waals surface area (Å²) < 4.78 is 11.4. The number of hydrogen-bond donors (Lipinski definition) is 0. The summed E-state index contributed by atoms with van der Waals surface area (Å²) in [5.41, 5.74) is 2.52. The molecule has 0 saturated carbocycles. The number of anilines is 1. The second kappa shape index (κ2) is 7.50. The molecule has 0 spiro atoms. The topological polar surface area (TPSA) is 72.6 Å². The summed E-state index contributed by atoms with van der Waals surface area (Å²) in [4.78, 5) is 33.3. The summed E-state index contributed by atoms with van der Waals surface area (Å²) in [5.74, 6) is 0.647. The van der Waals surface area contributed by atoms with Gasteiger partial charge in [0.15, 0.2) is 5.43 Å². The van der Waals surface area contributed by atoms with E-state index in [0.717, 1.165) is 11.3 Å². The average Bonchev–Trinajstić information content (AvgIpc) is 3.08. The number of nitrogens with zero attached hydrogens (tertiary/aromatic N) is 2. The molecular formula is C25H19ClN2O4. The molecule has 160 valence electrons. The fourth-order valence-corrected chi connectivity index (χ4v) is 4.28. The molecule has 0 N–H and O–H groups in total. The maximum absolute atomic E-state index is 13.7. The highest BCUT2D eigenvalue weighted by molar-refractivity contribution is 6.32. The van der Waals surface area contributed by atoms with Crippen LogP contribution >= 0.6 is 11.6 Å². The lowest BCUT2D eigenvalue weighted by Crippen LogP contribution is -2.30. The molecule has 2 aromatic heterocycles. The van der Waals surface area contributed by atoms with Crippen molar-refractivity contribution in [2.75, 3.05) is 12.0 Å². The van der Waals surface area contributed by atoms with Crippen molar-refractivity contribution in [3.8, 4) is 5.75 Å². The summed E-state index contributed by atoms with van der Waals surface area (Å²) >= 11 is 6.29. The van der Waals surface area contributed by atoms with Crippen LogP contribution < -0.4 is 15.1 Å². The van der Waals surface area contributed by atoms with E-state index in [1.54, 1.807) is 25.3 Å². The molecule has 3 heterocycles. The molecule has 0 saturated heterocycles. The molecule has 0 radical (unpaired) electrons. The molecular weight excluding hydrogens is 428 g/mol. The van der Waals surface area contributed by atoms with Crippen LogP contribution in [0.1, 0.15) is 39.0 Å². The van der Waals surface area contributed by atoms with Gasteiger partial charge in [0.25, 0.3) is 5.91 Å². The van der Waals surface area contributed by atoms with Crippen LogP contribution in [0.15, 0.2) is 63.8 Å². The molecule has 0 bridgehead atoms. The minimum absolute atomic E-state index is 0.0142. The van der Waals surface area contributed by atoms with E-state index < -0.39 is 11.9 Å². The number of carbonyl (C=O) groups is 1. The average molecular weight is 447 g/mol. The minimum atomic E-state index is -0.720. The second-order valence-corrected chi connectivity index (χ2v) is 8.17. The van der Waals surface area contributed by atoms with E-state index >= 15 is 0 Å². The fraction of sp³-hybridized carbons (Fsp3) is 0.160. The van der Waals surface area contributed by atoms with Gasteiger partial charge in [-0.05, 0) is 61.4 Å². The molecule has 1 amide bonds. The molecule has 4 aromatic rings. The minimum Gasteiger partial charge on any atom is -0.497 e. The van der Waals surface area contributed by atoms with Crippen molar-refractivity contribution in [3.63, 3.8) is 0 Å². The van der Waals surface area contributed by atoms with Crippen molar-refractivity contribution >= 4 is 34.3 Å². The third-order valence-electron chi connectivity index (χ3n) is 5.68. The third-order valence-corrected chi connectivity index (χ3v) is 6.09. The maximum Gasteiger partial charge on any atom is 0.296 e. The van der Waals surface area contributed by atoms with E-state index in [-0.39, 0.29) is 16.8 Å². The van der Waals surface area contributed by atoms with Gasteiger partial charge in [-0.15, -0.1) is 0 Å².